The smallest absolute Gasteiger partial charge is 0.178 e. The minimum Gasteiger partial charge on any atom is -0.388 e. The van der Waals surface area contributed by atoms with Crippen molar-refractivity contribution in [2.75, 3.05) is 0 Å². The maximum Gasteiger partial charge on any atom is 0.178 e. The highest BCUT2D eigenvalue weighted by Gasteiger charge is 2.09. The van der Waals surface area contributed by atoms with Crippen molar-refractivity contribution in [1.82, 2.24) is 0 Å². The molecule has 0 aliphatic rings. The molecule has 50 valence electrons. The Kier molecular flexibility index (Phi) is 3.77. The first-order valence-electron chi connectivity index (χ1n) is 2.72. The predicted molar refractivity (Wildman–Crippen MR) is 29.1 cm³/mol. The van der Waals surface area contributed by atoms with Crippen LogP contribution in [0.4, 0.5) is 0 Å². The highest BCUT2D eigenvalue weighted by molar-refractivity contribution is 4.53. The molecule has 0 heterocycles. The Hall–Kier alpha value is -0.120. The quantitative estimate of drug-likeness (QED) is 0.438. The third kappa shape index (κ3) is 2.96. The van der Waals surface area contributed by atoms with Crippen molar-refractivity contribution in [3.8, 4) is 0 Å². The summed E-state index contributed by atoms with van der Waals surface area (Å²) in [6.07, 6.45) is -1.34. The van der Waals surface area contributed by atoms with E-state index in [1.54, 1.807) is 0 Å². The van der Waals surface area contributed by atoms with E-state index < -0.39 is 12.4 Å². The van der Waals surface area contributed by atoms with E-state index >= 15 is 0 Å². The largest absolute Gasteiger partial charge is 0.388 e. The summed E-state index contributed by atoms with van der Waals surface area (Å²) in [4.78, 5) is 0. The van der Waals surface area contributed by atoms with Crippen LogP contribution < -0.4 is 0 Å². The zero-order chi connectivity index (χ0) is 6.57. The molecule has 0 radical (unpaired) electrons. The second-order valence-electron chi connectivity index (χ2n) is 1.77. The average molecular weight is 120 g/mol. The van der Waals surface area contributed by atoms with E-state index in [1.165, 1.54) is 0 Å². The number of hydrogen-bond donors (Lipinski definition) is 3. The van der Waals surface area contributed by atoms with Crippen LogP contribution in [-0.4, -0.2) is 27.7 Å². The fraction of sp³-hybridized carbons (Fsp3) is 1.00. The van der Waals surface area contributed by atoms with Gasteiger partial charge in [-0.3, -0.25) is 0 Å². The highest BCUT2D eigenvalue weighted by atomic mass is 16.5. The standard InChI is InChI=1S/C5H12O3/c1-2-3-4(6)5(7)8/h4-8H,2-3H2,1H3. The van der Waals surface area contributed by atoms with Crippen LogP contribution in [0.3, 0.4) is 0 Å². The third-order valence-corrected chi connectivity index (χ3v) is 0.929. The van der Waals surface area contributed by atoms with E-state index in [2.05, 4.69) is 0 Å². The second-order valence-corrected chi connectivity index (χ2v) is 1.77. The van der Waals surface area contributed by atoms with Gasteiger partial charge >= 0.3 is 0 Å². The fourth-order valence-electron chi connectivity index (χ4n) is 0.445. The molecule has 0 aromatic carbocycles. The minimum absolute atomic E-state index is 0.442. The lowest BCUT2D eigenvalue weighted by molar-refractivity contribution is -0.123. The SMILES string of the molecule is CCCC(O)C(O)O. The number of aliphatic hydroxyl groups is 3. The topological polar surface area (TPSA) is 60.7 Å². The Morgan fingerprint density at radius 1 is 1.25 bits per heavy atom. The summed E-state index contributed by atoms with van der Waals surface area (Å²) in [6.45, 7) is 1.87. The van der Waals surface area contributed by atoms with Crippen LogP contribution in [-0.2, 0) is 0 Å². The molecule has 0 saturated carbocycles. The molecule has 1 atom stereocenters. The Morgan fingerprint density at radius 3 is 1.88 bits per heavy atom. The van der Waals surface area contributed by atoms with Gasteiger partial charge in [0.1, 0.15) is 6.10 Å². The summed E-state index contributed by atoms with van der Waals surface area (Å²) in [7, 11) is 0. The third-order valence-electron chi connectivity index (χ3n) is 0.929. The molecule has 0 rings (SSSR count). The van der Waals surface area contributed by atoms with Gasteiger partial charge in [0, 0.05) is 0 Å². The predicted octanol–water partition coefficient (Wildman–Crippen LogP) is -0.542. The van der Waals surface area contributed by atoms with Gasteiger partial charge < -0.3 is 15.3 Å². The zero-order valence-corrected chi connectivity index (χ0v) is 4.91. The molecule has 0 aliphatic carbocycles. The molecule has 3 nitrogen and oxygen atoms in total. The number of hydrogen-bond acceptors (Lipinski definition) is 3. The Morgan fingerprint density at radius 2 is 1.75 bits per heavy atom. The van der Waals surface area contributed by atoms with Crippen LogP contribution in [0.1, 0.15) is 19.8 Å². The van der Waals surface area contributed by atoms with Crippen LogP contribution >= 0.6 is 0 Å². The normalized spacial score (nSPS) is 14.6. The van der Waals surface area contributed by atoms with Crippen molar-refractivity contribution < 1.29 is 15.3 Å². The highest BCUT2D eigenvalue weighted by Crippen LogP contribution is 1.97. The summed E-state index contributed by atoms with van der Waals surface area (Å²) in [6, 6.07) is 0. The molecule has 0 fully saturated rings. The van der Waals surface area contributed by atoms with E-state index in [0.717, 1.165) is 6.42 Å². The van der Waals surface area contributed by atoms with Crippen molar-refractivity contribution in [1.29, 1.82) is 0 Å². The molecule has 0 aromatic rings. The van der Waals surface area contributed by atoms with E-state index in [9.17, 15) is 0 Å². The molecule has 3 N–H and O–H groups in total. The van der Waals surface area contributed by atoms with Gasteiger partial charge in [0.2, 0.25) is 0 Å². The molecule has 3 heteroatoms. The van der Waals surface area contributed by atoms with Gasteiger partial charge in [0.15, 0.2) is 6.29 Å². The zero-order valence-electron chi connectivity index (χ0n) is 4.91. The lowest BCUT2D eigenvalue weighted by atomic mass is 10.2. The Bertz CT molecular complexity index is 53.6. The molecule has 0 bridgehead atoms. The van der Waals surface area contributed by atoms with Crippen molar-refractivity contribution in [2.24, 2.45) is 0 Å². The number of aliphatic hydroxyl groups excluding tert-OH is 2. The maximum absolute atomic E-state index is 8.63. The molecular weight excluding hydrogens is 108 g/mol. The second kappa shape index (κ2) is 3.83. The van der Waals surface area contributed by atoms with Crippen molar-refractivity contribution in [2.45, 2.75) is 32.2 Å². The summed E-state index contributed by atoms with van der Waals surface area (Å²) in [5.74, 6) is 0. The summed E-state index contributed by atoms with van der Waals surface area (Å²) < 4.78 is 0. The van der Waals surface area contributed by atoms with Gasteiger partial charge in [0.25, 0.3) is 0 Å². The first-order chi connectivity index (χ1) is 3.68. The van der Waals surface area contributed by atoms with Gasteiger partial charge in [-0.15, -0.1) is 0 Å². The van der Waals surface area contributed by atoms with Crippen molar-refractivity contribution in [3.63, 3.8) is 0 Å². The fourth-order valence-corrected chi connectivity index (χ4v) is 0.445. The summed E-state index contributed by atoms with van der Waals surface area (Å²) >= 11 is 0. The van der Waals surface area contributed by atoms with E-state index in [0.29, 0.717) is 6.42 Å². The van der Waals surface area contributed by atoms with Gasteiger partial charge in [-0.1, -0.05) is 13.3 Å². The van der Waals surface area contributed by atoms with E-state index in [-0.39, 0.29) is 0 Å². The Labute approximate surface area is 48.6 Å². The molecule has 0 aromatic heterocycles. The molecule has 0 aliphatic heterocycles. The lowest BCUT2D eigenvalue weighted by Crippen LogP contribution is -2.24. The minimum atomic E-state index is -1.57. The Balaban J connectivity index is 3.17. The van der Waals surface area contributed by atoms with E-state index in [4.69, 9.17) is 15.3 Å². The number of rotatable bonds is 3. The molecule has 1 unspecified atom stereocenters. The molecule has 0 amide bonds. The van der Waals surface area contributed by atoms with Gasteiger partial charge in [-0.2, -0.15) is 0 Å². The summed E-state index contributed by atoms with van der Waals surface area (Å²) in [5, 5.41) is 25.1. The average Bonchev–Trinajstić information content (AvgIpc) is 1.67. The van der Waals surface area contributed by atoms with Crippen LogP contribution in [0, 0.1) is 0 Å². The molecule has 0 saturated heterocycles. The first-order valence-corrected chi connectivity index (χ1v) is 2.72. The van der Waals surface area contributed by atoms with Gasteiger partial charge in [-0.25, -0.2) is 0 Å². The first kappa shape index (κ1) is 7.88. The molecule has 8 heavy (non-hydrogen) atoms. The monoisotopic (exact) mass is 120 g/mol. The maximum atomic E-state index is 8.63. The van der Waals surface area contributed by atoms with Crippen LogP contribution in [0.15, 0.2) is 0 Å². The van der Waals surface area contributed by atoms with Crippen molar-refractivity contribution in [3.05, 3.63) is 0 Å². The van der Waals surface area contributed by atoms with Crippen LogP contribution in [0.5, 0.6) is 0 Å². The van der Waals surface area contributed by atoms with Gasteiger partial charge in [0.05, 0.1) is 0 Å². The lowest BCUT2D eigenvalue weighted by Gasteiger charge is -2.09. The summed E-state index contributed by atoms with van der Waals surface area (Å²) in [5.41, 5.74) is 0. The van der Waals surface area contributed by atoms with Gasteiger partial charge in [-0.05, 0) is 6.42 Å². The van der Waals surface area contributed by atoms with Crippen LogP contribution in [0.25, 0.3) is 0 Å². The van der Waals surface area contributed by atoms with Crippen molar-refractivity contribution >= 4 is 0 Å². The molecular formula is C5H12O3. The van der Waals surface area contributed by atoms with Crippen LogP contribution in [0.2, 0.25) is 0 Å². The van der Waals surface area contributed by atoms with E-state index in [1.807, 2.05) is 6.92 Å². The molecule has 0 spiro atoms.